The molecular weight excluding hydrogens is 468 g/mol. The van der Waals surface area contributed by atoms with Crippen LogP contribution in [-0.4, -0.2) is 45.9 Å². The number of hydrogen-bond acceptors (Lipinski definition) is 6. The summed E-state index contributed by atoms with van der Waals surface area (Å²) in [7, 11) is -8.87. The minimum atomic E-state index is -4.45. The van der Waals surface area contributed by atoms with Gasteiger partial charge in [0.05, 0.1) is 11.0 Å². The monoisotopic (exact) mass is 484 g/mol. The molecule has 0 radical (unpaired) electrons. The van der Waals surface area contributed by atoms with Gasteiger partial charge in [0, 0.05) is 11.1 Å². The lowest BCUT2D eigenvalue weighted by Gasteiger charge is -2.00. The first-order valence-corrected chi connectivity index (χ1v) is 12.4. The molecule has 2 aromatic heterocycles. The lowest BCUT2D eigenvalue weighted by molar-refractivity contribution is 0.481. The van der Waals surface area contributed by atoms with Gasteiger partial charge in [-0.3, -0.25) is 9.11 Å². The van der Waals surface area contributed by atoms with Crippen molar-refractivity contribution in [1.29, 1.82) is 0 Å². The lowest BCUT2D eigenvalue weighted by Crippen LogP contribution is -1.99. The molecule has 168 valence electrons. The van der Waals surface area contributed by atoms with Crippen LogP contribution in [-0.2, 0) is 20.2 Å². The van der Waals surface area contributed by atoms with Crippen LogP contribution >= 0.6 is 0 Å². The quantitative estimate of drug-likeness (QED) is 0.281. The molecule has 0 saturated heterocycles. The highest BCUT2D eigenvalue weighted by atomic mass is 32.2. The number of rotatable bonds is 4. The molecule has 5 aromatic rings. The molecule has 0 aliphatic heterocycles. The number of para-hydroxylation sites is 1. The van der Waals surface area contributed by atoms with Crippen LogP contribution in [0, 0.1) is 6.92 Å². The van der Waals surface area contributed by atoms with E-state index in [2.05, 4.69) is 19.9 Å². The standard InChI is InChI=1S/C21H16N4O6S2/c1-11-9-15-19(17(10-11)33(29,30)31)25-21(23-15)13-7-5-12(6-8-13)20-22-14-3-2-4-16(18(14)24-20)32(26,27)28/h2-10H,1H3,(H,22,24)(H,23,25)(H,26,27,28)(H,29,30,31). The normalized spacial score (nSPS) is 12.6. The van der Waals surface area contributed by atoms with Crippen LogP contribution < -0.4 is 0 Å². The number of fused-ring (bicyclic) bond motifs is 2. The summed E-state index contributed by atoms with van der Waals surface area (Å²) >= 11 is 0. The third-order valence-corrected chi connectivity index (χ3v) is 6.91. The Hall–Kier alpha value is -3.58. The van der Waals surface area contributed by atoms with Crippen molar-refractivity contribution in [2.45, 2.75) is 16.7 Å². The van der Waals surface area contributed by atoms with Crippen LogP contribution in [0.3, 0.4) is 0 Å². The Labute approximate surface area is 187 Å². The molecule has 0 spiro atoms. The van der Waals surface area contributed by atoms with Crippen LogP contribution in [0.25, 0.3) is 44.8 Å². The number of nitrogens with one attached hydrogen (secondary N) is 2. The molecule has 0 fully saturated rings. The lowest BCUT2D eigenvalue weighted by atomic mass is 10.1. The molecule has 33 heavy (non-hydrogen) atoms. The van der Waals surface area contributed by atoms with Gasteiger partial charge in [-0.05, 0) is 36.8 Å². The summed E-state index contributed by atoms with van der Waals surface area (Å²) < 4.78 is 65.7. The van der Waals surface area contributed by atoms with Crippen molar-refractivity contribution in [2.75, 3.05) is 0 Å². The Kier molecular flexibility index (Phi) is 4.65. The van der Waals surface area contributed by atoms with E-state index >= 15 is 0 Å². The molecule has 0 atom stereocenters. The Bertz CT molecular complexity index is 1770. The first-order valence-electron chi connectivity index (χ1n) is 9.55. The van der Waals surface area contributed by atoms with Gasteiger partial charge in [-0.1, -0.05) is 30.3 Å². The van der Waals surface area contributed by atoms with Gasteiger partial charge in [-0.15, -0.1) is 0 Å². The van der Waals surface area contributed by atoms with Crippen LogP contribution in [0.15, 0.2) is 64.4 Å². The zero-order valence-corrected chi connectivity index (χ0v) is 18.6. The molecule has 5 rings (SSSR count). The molecule has 0 bridgehead atoms. The third-order valence-electron chi connectivity index (χ3n) is 5.16. The molecule has 0 unspecified atom stereocenters. The van der Waals surface area contributed by atoms with E-state index in [0.29, 0.717) is 39.4 Å². The van der Waals surface area contributed by atoms with Crippen molar-refractivity contribution in [1.82, 2.24) is 19.9 Å². The molecule has 0 aliphatic rings. The average molecular weight is 485 g/mol. The summed E-state index contributed by atoms with van der Waals surface area (Å²) in [4.78, 5) is 14.2. The first kappa shape index (κ1) is 21.3. The van der Waals surface area contributed by atoms with E-state index in [1.54, 1.807) is 43.3 Å². The van der Waals surface area contributed by atoms with Gasteiger partial charge in [0.15, 0.2) is 0 Å². The molecule has 12 heteroatoms. The fourth-order valence-corrected chi connectivity index (χ4v) is 5.08. The molecule has 4 N–H and O–H groups in total. The van der Waals surface area contributed by atoms with Crippen molar-refractivity contribution < 1.29 is 25.9 Å². The zero-order valence-electron chi connectivity index (χ0n) is 16.9. The topological polar surface area (TPSA) is 166 Å². The predicted octanol–water partition coefficient (Wildman–Crippen LogP) is 3.58. The van der Waals surface area contributed by atoms with Gasteiger partial charge < -0.3 is 9.97 Å². The van der Waals surface area contributed by atoms with Crippen molar-refractivity contribution in [3.63, 3.8) is 0 Å². The third kappa shape index (κ3) is 3.78. The van der Waals surface area contributed by atoms with Crippen LogP contribution in [0.4, 0.5) is 0 Å². The Morgan fingerprint density at radius 3 is 1.76 bits per heavy atom. The van der Waals surface area contributed by atoms with Crippen LogP contribution in [0.5, 0.6) is 0 Å². The fourth-order valence-electron chi connectivity index (χ4n) is 3.69. The summed E-state index contributed by atoms with van der Waals surface area (Å²) in [6.07, 6.45) is 0. The SMILES string of the molecule is Cc1cc(S(=O)(=O)O)c2nc(-c3ccc(-c4nc5c(S(=O)(=O)O)cccc5[nH]4)cc3)[nH]c2c1. The summed E-state index contributed by atoms with van der Waals surface area (Å²) in [5.74, 6) is 0.812. The molecule has 0 aliphatic carbocycles. The van der Waals surface area contributed by atoms with Gasteiger partial charge in [0.2, 0.25) is 0 Å². The zero-order chi connectivity index (χ0) is 23.5. The Morgan fingerprint density at radius 1 is 0.697 bits per heavy atom. The van der Waals surface area contributed by atoms with Gasteiger partial charge in [0.25, 0.3) is 20.2 Å². The number of hydrogen-bond donors (Lipinski definition) is 4. The Balaban J connectivity index is 1.57. The predicted molar refractivity (Wildman–Crippen MR) is 121 cm³/mol. The number of benzene rings is 3. The highest BCUT2D eigenvalue weighted by Gasteiger charge is 2.20. The number of imidazole rings is 2. The number of aryl methyl sites for hydroxylation is 1. The van der Waals surface area contributed by atoms with E-state index in [9.17, 15) is 25.9 Å². The minimum Gasteiger partial charge on any atom is -0.338 e. The molecule has 10 nitrogen and oxygen atoms in total. The molecule has 0 saturated carbocycles. The van der Waals surface area contributed by atoms with Crippen LogP contribution in [0.1, 0.15) is 5.56 Å². The highest BCUT2D eigenvalue weighted by Crippen LogP contribution is 2.29. The molecular formula is C21H16N4O6S2. The van der Waals surface area contributed by atoms with Gasteiger partial charge in [-0.2, -0.15) is 16.8 Å². The first-order chi connectivity index (χ1) is 15.5. The van der Waals surface area contributed by atoms with Crippen molar-refractivity contribution in [3.05, 3.63) is 60.2 Å². The number of aromatic amines is 2. The number of aromatic nitrogens is 4. The summed E-state index contributed by atoms with van der Waals surface area (Å²) in [5, 5.41) is 0. The maximum Gasteiger partial charge on any atom is 0.296 e. The van der Waals surface area contributed by atoms with Gasteiger partial charge in [-0.25, -0.2) is 9.97 Å². The van der Waals surface area contributed by atoms with E-state index in [-0.39, 0.29) is 20.8 Å². The number of nitrogens with zero attached hydrogens (tertiary/aromatic N) is 2. The number of H-pyrrole nitrogens is 2. The average Bonchev–Trinajstić information content (AvgIpc) is 3.35. The molecule has 2 heterocycles. The van der Waals surface area contributed by atoms with E-state index in [0.717, 1.165) is 0 Å². The maximum absolute atomic E-state index is 11.7. The van der Waals surface area contributed by atoms with Crippen molar-refractivity contribution in [3.8, 4) is 22.8 Å². The largest absolute Gasteiger partial charge is 0.338 e. The summed E-state index contributed by atoms with van der Waals surface area (Å²) in [6, 6.07) is 14.5. The van der Waals surface area contributed by atoms with Gasteiger partial charge in [0.1, 0.15) is 32.5 Å². The second-order valence-electron chi connectivity index (χ2n) is 7.51. The van der Waals surface area contributed by atoms with Crippen molar-refractivity contribution >= 4 is 42.3 Å². The van der Waals surface area contributed by atoms with Gasteiger partial charge >= 0.3 is 0 Å². The second kappa shape index (κ2) is 7.22. The summed E-state index contributed by atoms with van der Waals surface area (Å²) in [6.45, 7) is 1.71. The minimum absolute atomic E-state index is 0.129. The highest BCUT2D eigenvalue weighted by molar-refractivity contribution is 7.86. The van der Waals surface area contributed by atoms with E-state index < -0.39 is 20.2 Å². The second-order valence-corrected chi connectivity index (χ2v) is 10.3. The van der Waals surface area contributed by atoms with E-state index in [4.69, 9.17) is 0 Å². The van der Waals surface area contributed by atoms with Crippen molar-refractivity contribution in [2.24, 2.45) is 0 Å². The van der Waals surface area contributed by atoms with E-state index in [1.165, 1.54) is 18.2 Å². The van der Waals surface area contributed by atoms with E-state index in [1.807, 2.05) is 0 Å². The maximum atomic E-state index is 11.7. The fraction of sp³-hybridized carbons (Fsp3) is 0.0476. The summed E-state index contributed by atoms with van der Waals surface area (Å²) in [5.41, 5.74) is 3.15. The molecule has 0 amide bonds. The van der Waals surface area contributed by atoms with Crippen LogP contribution in [0.2, 0.25) is 0 Å². The Morgan fingerprint density at radius 2 is 1.21 bits per heavy atom. The smallest absolute Gasteiger partial charge is 0.296 e. The molecule has 3 aromatic carbocycles.